The van der Waals surface area contributed by atoms with Crippen molar-refractivity contribution in [1.82, 2.24) is 0 Å². The second-order valence-corrected chi connectivity index (χ2v) is 3.49. The Kier molecular flexibility index (Phi) is 3.59. The summed E-state index contributed by atoms with van der Waals surface area (Å²) in [5.74, 6) is -8.12. The largest absolute Gasteiger partial charge is 0.477 e. The van der Waals surface area contributed by atoms with Gasteiger partial charge in [-0.1, -0.05) is 0 Å². The third-order valence-electron chi connectivity index (χ3n) is 2.10. The second kappa shape index (κ2) is 4.51. The van der Waals surface area contributed by atoms with E-state index in [2.05, 4.69) is 0 Å². The number of hydrogen-bond donors (Lipinski definition) is 1. The van der Waals surface area contributed by atoms with Crippen molar-refractivity contribution >= 4 is 5.97 Å². The van der Waals surface area contributed by atoms with Crippen molar-refractivity contribution in [2.75, 3.05) is 0 Å². The Morgan fingerprint density at radius 1 is 1.17 bits per heavy atom. The lowest BCUT2D eigenvalue weighted by Gasteiger charge is -2.16. The normalized spacial score (nSPS) is 12.6. The first-order valence-corrected chi connectivity index (χ1v) is 4.51. The molecule has 0 amide bonds. The first-order chi connectivity index (χ1) is 8.04. The Morgan fingerprint density at radius 2 is 1.72 bits per heavy atom. The van der Waals surface area contributed by atoms with Crippen molar-refractivity contribution in [1.29, 1.82) is 0 Å². The molecule has 0 bridgehead atoms. The van der Waals surface area contributed by atoms with Gasteiger partial charge in [0, 0.05) is 6.42 Å². The third-order valence-corrected chi connectivity index (χ3v) is 2.10. The van der Waals surface area contributed by atoms with Gasteiger partial charge in [0.05, 0.1) is 5.56 Å². The number of carboxylic acid groups (broad SMARTS) is 1. The van der Waals surface area contributed by atoms with Gasteiger partial charge >= 0.3 is 18.1 Å². The Bertz CT molecular complexity index is 466. The van der Waals surface area contributed by atoms with Gasteiger partial charge in [-0.2, -0.15) is 22.0 Å². The third kappa shape index (κ3) is 3.14. The van der Waals surface area contributed by atoms with Crippen LogP contribution in [0.4, 0.5) is 26.3 Å². The van der Waals surface area contributed by atoms with E-state index in [0.717, 1.165) is 0 Å². The predicted octanol–water partition coefficient (Wildman–Crippen LogP) is 3.11. The molecule has 1 N–H and O–H groups in total. The summed E-state index contributed by atoms with van der Waals surface area (Å²) < 4.78 is 75.8. The SMILES string of the molecule is O=C(O)C(F)(F)Cc1cc(F)ccc1C(F)(F)F. The molecule has 0 aromatic heterocycles. The Balaban J connectivity index is 3.23. The van der Waals surface area contributed by atoms with Crippen LogP contribution in [0.1, 0.15) is 11.1 Å². The van der Waals surface area contributed by atoms with Gasteiger partial charge in [-0.05, 0) is 23.8 Å². The maximum Gasteiger partial charge on any atom is 0.416 e. The zero-order valence-electron chi connectivity index (χ0n) is 8.56. The van der Waals surface area contributed by atoms with Crippen LogP contribution < -0.4 is 0 Å². The fraction of sp³-hybridized carbons (Fsp3) is 0.300. The minimum atomic E-state index is -4.96. The molecule has 2 nitrogen and oxygen atoms in total. The summed E-state index contributed by atoms with van der Waals surface area (Å²) in [5.41, 5.74) is -2.58. The van der Waals surface area contributed by atoms with Gasteiger partial charge in [0.1, 0.15) is 5.82 Å². The van der Waals surface area contributed by atoms with Crippen LogP contribution in [0, 0.1) is 5.82 Å². The summed E-state index contributed by atoms with van der Waals surface area (Å²) in [6, 6.07) is 1.01. The first kappa shape index (κ1) is 14.3. The van der Waals surface area contributed by atoms with E-state index >= 15 is 0 Å². The molecule has 0 radical (unpaired) electrons. The van der Waals surface area contributed by atoms with E-state index in [9.17, 15) is 31.1 Å². The number of hydrogen-bond acceptors (Lipinski definition) is 1. The fourth-order valence-corrected chi connectivity index (χ4v) is 1.30. The molecular formula is C10H6F6O2. The predicted molar refractivity (Wildman–Crippen MR) is 47.7 cm³/mol. The maximum absolute atomic E-state index is 12.8. The second-order valence-electron chi connectivity index (χ2n) is 3.49. The maximum atomic E-state index is 12.8. The molecule has 0 unspecified atom stereocenters. The summed E-state index contributed by atoms with van der Waals surface area (Å²) in [6.45, 7) is 0. The molecule has 0 saturated heterocycles. The van der Waals surface area contributed by atoms with Gasteiger partial charge in [0.25, 0.3) is 0 Å². The van der Waals surface area contributed by atoms with E-state index in [1.165, 1.54) is 0 Å². The van der Waals surface area contributed by atoms with Crippen molar-refractivity contribution in [2.24, 2.45) is 0 Å². The first-order valence-electron chi connectivity index (χ1n) is 4.51. The molecule has 1 rings (SSSR count). The number of alkyl halides is 5. The molecule has 0 heterocycles. The van der Waals surface area contributed by atoms with E-state index < -0.39 is 41.4 Å². The number of carboxylic acids is 1. The highest BCUT2D eigenvalue weighted by atomic mass is 19.4. The minimum Gasteiger partial charge on any atom is -0.477 e. The Labute approximate surface area is 96.8 Å². The van der Waals surface area contributed by atoms with Crippen molar-refractivity contribution in [2.45, 2.75) is 18.5 Å². The number of benzene rings is 1. The Morgan fingerprint density at radius 3 is 2.17 bits per heavy atom. The number of rotatable bonds is 3. The minimum absolute atomic E-state index is 0.250. The van der Waals surface area contributed by atoms with Crippen LogP contribution in [-0.2, 0) is 17.4 Å². The van der Waals surface area contributed by atoms with Crippen LogP contribution >= 0.6 is 0 Å². The molecule has 18 heavy (non-hydrogen) atoms. The molecule has 1 aromatic carbocycles. The lowest BCUT2D eigenvalue weighted by Crippen LogP contribution is -2.31. The number of halogens is 6. The van der Waals surface area contributed by atoms with Gasteiger partial charge < -0.3 is 5.11 Å². The van der Waals surface area contributed by atoms with Crippen LogP contribution in [0.2, 0.25) is 0 Å². The van der Waals surface area contributed by atoms with Crippen molar-refractivity contribution in [3.63, 3.8) is 0 Å². The van der Waals surface area contributed by atoms with Gasteiger partial charge in [0.15, 0.2) is 0 Å². The van der Waals surface area contributed by atoms with E-state index in [1.807, 2.05) is 0 Å². The number of carbonyl (C=O) groups is 1. The van der Waals surface area contributed by atoms with Gasteiger partial charge in [-0.15, -0.1) is 0 Å². The topological polar surface area (TPSA) is 37.3 Å². The summed E-state index contributed by atoms with van der Waals surface area (Å²) in [6.07, 6.45) is -6.69. The van der Waals surface area contributed by atoms with Crippen LogP contribution in [-0.4, -0.2) is 17.0 Å². The van der Waals surface area contributed by atoms with Crippen molar-refractivity contribution in [3.8, 4) is 0 Å². The summed E-state index contributed by atoms with van der Waals surface area (Å²) in [5, 5.41) is 8.14. The van der Waals surface area contributed by atoms with Crippen LogP contribution in [0.3, 0.4) is 0 Å². The van der Waals surface area contributed by atoms with E-state index in [1.54, 1.807) is 0 Å². The zero-order valence-corrected chi connectivity index (χ0v) is 8.56. The van der Waals surface area contributed by atoms with E-state index in [-0.39, 0.29) is 6.07 Å². The lowest BCUT2D eigenvalue weighted by molar-refractivity contribution is -0.165. The molecule has 0 spiro atoms. The van der Waals surface area contributed by atoms with Gasteiger partial charge in [-0.3, -0.25) is 0 Å². The summed E-state index contributed by atoms with van der Waals surface area (Å²) >= 11 is 0. The average Bonchev–Trinajstić information content (AvgIpc) is 2.14. The highest BCUT2D eigenvalue weighted by molar-refractivity contribution is 5.75. The molecule has 0 saturated carbocycles. The van der Waals surface area contributed by atoms with Crippen LogP contribution in [0.15, 0.2) is 18.2 Å². The molecule has 0 aliphatic heterocycles. The molecule has 0 aliphatic carbocycles. The molecule has 0 fully saturated rings. The molecule has 8 heteroatoms. The molecule has 0 aliphatic rings. The average molecular weight is 272 g/mol. The Hall–Kier alpha value is -1.73. The monoisotopic (exact) mass is 272 g/mol. The smallest absolute Gasteiger partial charge is 0.416 e. The molecule has 0 atom stereocenters. The van der Waals surface area contributed by atoms with Gasteiger partial charge in [0.2, 0.25) is 0 Å². The summed E-state index contributed by atoms with van der Waals surface area (Å²) in [7, 11) is 0. The van der Waals surface area contributed by atoms with Gasteiger partial charge in [-0.25, -0.2) is 9.18 Å². The molecule has 1 aromatic rings. The van der Waals surface area contributed by atoms with Crippen LogP contribution in [0.5, 0.6) is 0 Å². The lowest BCUT2D eigenvalue weighted by atomic mass is 10.0. The van der Waals surface area contributed by atoms with Crippen molar-refractivity contribution in [3.05, 3.63) is 35.1 Å². The van der Waals surface area contributed by atoms with Crippen LogP contribution in [0.25, 0.3) is 0 Å². The van der Waals surface area contributed by atoms with Crippen molar-refractivity contribution < 1.29 is 36.2 Å². The van der Waals surface area contributed by atoms with E-state index in [0.29, 0.717) is 12.1 Å². The zero-order chi connectivity index (χ0) is 14.1. The highest BCUT2D eigenvalue weighted by Gasteiger charge is 2.42. The summed E-state index contributed by atoms with van der Waals surface area (Å²) in [4.78, 5) is 10.1. The van der Waals surface area contributed by atoms with E-state index in [4.69, 9.17) is 5.11 Å². The number of aliphatic carboxylic acids is 1. The fourth-order valence-electron chi connectivity index (χ4n) is 1.30. The molecule has 100 valence electrons. The standard InChI is InChI=1S/C10H6F6O2/c11-6-1-2-7(10(14,15)16)5(3-6)4-9(12,13)8(17)18/h1-3H,4H2,(H,17,18). The quantitative estimate of drug-likeness (QED) is 0.858. The molecular weight excluding hydrogens is 266 g/mol. The highest BCUT2D eigenvalue weighted by Crippen LogP contribution is 2.34.